The van der Waals surface area contributed by atoms with E-state index in [2.05, 4.69) is 23.8 Å². The first-order chi connectivity index (χ1) is 7.36. The van der Waals surface area contributed by atoms with Crippen LogP contribution in [-0.2, 0) is 0 Å². The molecule has 0 aromatic heterocycles. The summed E-state index contributed by atoms with van der Waals surface area (Å²) in [6.45, 7) is 4.35. The van der Waals surface area contributed by atoms with Crippen molar-refractivity contribution in [1.29, 1.82) is 5.26 Å². The van der Waals surface area contributed by atoms with Gasteiger partial charge in [0.25, 0.3) is 0 Å². The molecule has 84 valence electrons. The maximum absolute atomic E-state index is 12.5. The molecular weight excluding hydrogens is 237 g/mol. The molecule has 0 radical (unpaired) electrons. The molecule has 0 rings (SSSR count). The Morgan fingerprint density at radius 2 is 2.06 bits per heavy atom. The minimum absolute atomic E-state index is 0.100. The topological polar surface area (TPSA) is 36.1 Å². The van der Waals surface area contributed by atoms with E-state index < -0.39 is 17.3 Å². The summed E-state index contributed by atoms with van der Waals surface area (Å²) in [6.07, 6.45) is -2.83. The van der Waals surface area contributed by atoms with Crippen molar-refractivity contribution in [3.8, 4) is 6.07 Å². The van der Waals surface area contributed by atoms with Gasteiger partial charge in [-0.05, 0) is 31.3 Å². The van der Waals surface area contributed by atoms with Crippen LogP contribution >= 0.6 is 12.2 Å². The third-order valence-electron chi connectivity index (χ3n) is 1.55. The normalized spacial score (nSPS) is 13.3. The lowest BCUT2D eigenvalue weighted by Gasteiger charge is -2.08. The third kappa shape index (κ3) is 4.22. The summed E-state index contributed by atoms with van der Waals surface area (Å²) in [5, 5.41) is 10.4. The Morgan fingerprint density at radius 3 is 2.38 bits per heavy atom. The number of allylic oxidation sites excluding steroid dienone is 4. The van der Waals surface area contributed by atoms with E-state index in [0.29, 0.717) is 6.08 Å². The Labute approximate surface area is 96.1 Å². The van der Waals surface area contributed by atoms with Gasteiger partial charge in [0.05, 0.1) is 22.5 Å². The number of rotatable bonds is 3. The summed E-state index contributed by atoms with van der Waals surface area (Å²) in [4.78, 5) is 3.38. The van der Waals surface area contributed by atoms with E-state index in [4.69, 9.17) is 5.26 Å². The lowest BCUT2D eigenvalue weighted by molar-refractivity contribution is -0.0887. The van der Waals surface area contributed by atoms with Gasteiger partial charge in [0.15, 0.2) is 0 Å². The van der Waals surface area contributed by atoms with Crippen molar-refractivity contribution in [2.75, 3.05) is 0 Å². The number of aliphatic imine (C=N–C) groups is 1. The second kappa shape index (κ2) is 6.01. The fourth-order valence-electron chi connectivity index (χ4n) is 0.800. The van der Waals surface area contributed by atoms with Crippen LogP contribution in [0.5, 0.6) is 0 Å². The summed E-state index contributed by atoms with van der Waals surface area (Å²) in [7, 11) is 0. The number of hydrogen-bond acceptors (Lipinski definition) is 3. The van der Waals surface area contributed by atoms with E-state index in [9.17, 15) is 13.2 Å². The second-order valence-electron chi connectivity index (χ2n) is 2.62. The molecule has 0 aromatic rings. The number of alkyl halides is 3. The van der Waals surface area contributed by atoms with Gasteiger partial charge < -0.3 is 0 Å². The summed E-state index contributed by atoms with van der Waals surface area (Å²) in [5.74, 6) is 0. The number of nitrogens with zero attached hydrogens (tertiary/aromatic N) is 2. The minimum Gasteiger partial charge on any atom is -0.195 e. The summed E-state index contributed by atoms with van der Waals surface area (Å²) in [5.41, 5.74) is -1.62. The maximum atomic E-state index is 12.5. The molecule has 0 atom stereocenters. The number of isothiocyanates is 1. The predicted molar refractivity (Wildman–Crippen MR) is 57.7 cm³/mol. The Bertz CT molecular complexity index is 432. The van der Waals surface area contributed by atoms with Crippen LogP contribution in [0, 0.1) is 11.3 Å². The van der Waals surface area contributed by atoms with Crippen LogP contribution in [0.25, 0.3) is 0 Å². The van der Waals surface area contributed by atoms with E-state index in [-0.39, 0.29) is 5.70 Å². The van der Waals surface area contributed by atoms with E-state index in [0.717, 1.165) is 13.0 Å². The average molecular weight is 244 g/mol. The van der Waals surface area contributed by atoms with Crippen LogP contribution in [0.15, 0.2) is 40.6 Å². The average Bonchev–Trinajstić information content (AvgIpc) is 2.21. The first-order valence-corrected chi connectivity index (χ1v) is 4.37. The molecule has 0 amide bonds. The van der Waals surface area contributed by atoms with E-state index in [1.807, 2.05) is 5.16 Å². The molecular formula is C10H7F3N2S. The molecule has 0 aromatic carbocycles. The summed E-state index contributed by atoms with van der Waals surface area (Å²) in [6, 6.07) is 1.44. The standard InChI is InChI=1S/C10H7F3N2S/c1-3-8(15-6-16)4-9(7(2)5-14)10(11,12)13/h3-4H,1H2,2H3/b8-4+,9-7-. The van der Waals surface area contributed by atoms with Gasteiger partial charge in [-0.3, -0.25) is 0 Å². The molecule has 0 aliphatic heterocycles. The number of thiocarbonyl (C=S) groups is 1. The van der Waals surface area contributed by atoms with Crippen LogP contribution in [-0.4, -0.2) is 11.3 Å². The van der Waals surface area contributed by atoms with Crippen molar-refractivity contribution >= 4 is 17.4 Å². The zero-order valence-electron chi connectivity index (χ0n) is 8.30. The van der Waals surface area contributed by atoms with E-state index >= 15 is 0 Å². The monoisotopic (exact) mass is 244 g/mol. The second-order valence-corrected chi connectivity index (χ2v) is 2.81. The van der Waals surface area contributed by atoms with Crippen molar-refractivity contribution in [2.45, 2.75) is 13.1 Å². The molecule has 0 aliphatic rings. The fraction of sp³-hybridized carbons (Fsp3) is 0.200. The molecule has 0 N–H and O–H groups in total. The minimum atomic E-state index is -4.62. The number of hydrogen-bond donors (Lipinski definition) is 0. The summed E-state index contributed by atoms with van der Waals surface area (Å²) < 4.78 is 37.6. The van der Waals surface area contributed by atoms with Crippen molar-refractivity contribution in [2.24, 2.45) is 4.99 Å². The lowest BCUT2D eigenvalue weighted by atomic mass is 10.1. The van der Waals surface area contributed by atoms with Gasteiger partial charge in [-0.25, -0.2) is 0 Å². The molecule has 0 saturated carbocycles. The molecule has 0 saturated heterocycles. The first kappa shape index (κ1) is 14.3. The molecule has 0 bridgehead atoms. The first-order valence-electron chi connectivity index (χ1n) is 3.97. The van der Waals surface area contributed by atoms with Gasteiger partial charge >= 0.3 is 6.18 Å². The van der Waals surface area contributed by atoms with Crippen LogP contribution in [0.2, 0.25) is 0 Å². The fourth-order valence-corrected chi connectivity index (χ4v) is 0.906. The van der Waals surface area contributed by atoms with Gasteiger partial charge in [0, 0.05) is 5.57 Å². The van der Waals surface area contributed by atoms with Crippen LogP contribution in [0.4, 0.5) is 13.2 Å². The van der Waals surface area contributed by atoms with E-state index in [1.54, 1.807) is 0 Å². The highest BCUT2D eigenvalue weighted by Crippen LogP contribution is 2.30. The van der Waals surface area contributed by atoms with Crippen LogP contribution in [0.1, 0.15) is 6.92 Å². The molecule has 2 nitrogen and oxygen atoms in total. The van der Waals surface area contributed by atoms with Gasteiger partial charge in [-0.15, -0.1) is 0 Å². The molecule has 0 aliphatic carbocycles. The molecule has 0 spiro atoms. The SMILES string of the molecule is C=C/C(=C\C(=C(/C)C#N)C(F)(F)F)N=C=S. The van der Waals surface area contributed by atoms with Crippen molar-refractivity contribution in [1.82, 2.24) is 0 Å². The number of nitriles is 1. The van der Waals surface area contributed by atoms with Gasteiger partial charge in [0.2, 0.25) is 0 Å². The van der Waals surface area contributed by atoms with Crippen LogP contribution in [0.3, 0.4) is 0 Å². The molecule has 0 heterocycles. The third-order valence-corrected chi connectivity index (χ3v) is 1.64. The highest BCUT2D eigenvalue weighted by Gasteiger charge is 2.34. The maximum Gasteiger partial charge on any atom is 0.417 e. The van der Waals surface area contributed by atoms with Crippen molar-refractivity contribution in [3.63, 3.8) is 0 Å². The highest BCUT2D eigenvalue weighted by atomic mass is 32.1. The predicted octanol–water partition coefficient (Wildman–Crippen LogP) is 3.56. The molecule has 16 heavy (non-hydrogen) atoms. The lowest BCUT2D eigenvalue weighted by Crippen LogP contribution is -2.12. The smallest absolute Gasteiger partial charge is 0.195 e. The Balaban J connectivity index is 5.70. The largest absolute Gasteiger partial charge is 0.417 e. The van der Waals surface area contributed by atoms with Gasteiger partial charge in [-0.1, -0.05) is 6.58 Å². The Morgan fingerprint density at radius 1 is 1.50 bits per heavy atom. The van der Waals surface area contributed by atoms with Gasteiger partial charge in [-0.2, -0.15) is 23.4 Å². The van der Waals surface area contributed by atoms with Crippen LogP contribution < -0.4 is 0 Å². The highest BCUT2D eigenvalue weighted by molar-refractivity contribution is 7.78. The molecule has 0 fully saturated rings. The zero-order chi connectivity index (χ0) is 12.8. The quantitative estimate of drug-likeness (QED) is 0.329. The summed E-state index contributed by atoms with van der Waals surface area (Å²) >= 11 is 4.27. The molecule has 0 unspecified atom stereocenters. The van der Waals surface area contributed by atoms with Crippen molar-refractivity contribution in [3.05, 3.63) is 35.6 Å². The Hall–Kier alpha value is -1.70. The molecule has 6 heteroatoms. The Kier molecular flexibility index (Phi) is 5.37. The van der Waals surface area contributed by atoms with E-state index in [1.165, 1.54) is 6.07 Å². The van der Waals surface area contributed by atoms with Crippen molar-refractivity contribution < 1.29 is 13.2 Å². The zero-order valence-corrected chi connectivity index (χ0v) is 9.11. The van der Waals surface area contributed by atoms with Gasteiger partial charge in [0.1, 0.15) is 0 Å². The number of halogens is 3.